The van der Waals surface area contributed by atoms with Crippen LogP contribution in [0, 0.1) is 5.92 Å². The molecule has 0 N–H and O–H groups in total. The molecule has 330 valence electrons. The molecule has 6 heteroatoms. The minimum atomic E-state index is 0.509. The normalized spacial score (nSPS) is 13.4. The zero-order valence-corrected chi connectivity index (χ0v) is 38.0. The third-order valence-corrected chi connectivity index (χ3v) is 12.9. The number of hydrogen-bond donors (Lipinski definition) is 0. The van der Waals surface area contributed by atoms with Crippen molar-refractivity contribution < 1.29 is 8.83 Å². The molecule has 69 heavy (non-hydrogen) atoms. The van der Waals surface area contributed by atoms with Gasteiger partial charge < -0.3 is 18.6 Å². The Kier molecular flexibility index (Phi) is 10.8. The number of nitrogens with zero attached hydrogens (tertiary/aromatic N) is 4. The van der Waals surface area contributed by atoms with Gasteiger partial charge in [0.25, 0.3) is 0 Å². The highest BCUT2D eigenvalue weighted by Crippen LogP contribution is 2.39. The van der Waals surface area contributed by atoms with E-state index in [0.717, 1.165) is 102 Å². The topological polar surface area (TPSA) is 58.5 Å². The number of fused-ring (bicyclic) bond motifs is 2. The van der Waals surface area contributed by atoms with Crippen molar-refractivity contribution in [1.29, 1.82) is 0 Å². The van der Waals surface area contributed by atoms with Crippen LogP contribution in [0.15, 0.2) is 257 Å². The van der Waals surface area contributed by atoms with Crippen LogP contribution in [-0.2, 0) is 0 Å². The molecule has 1 atom stereocenters. The smallest absolute Gasteiger partial charge is 0.227 e. The van der Waals surface area contributed by atoms with Gasteiger partial charge >= 0.3 is 0 Å². The number of para-hydroxylation sites is 5. The summed E-state index contributed by atoms with van der Waals surface area (Å²) in [5, 5.41) is 0. The number of benzene rings is 9. The van der Waals surface area contributed by atoms with Crippen LogP contribution in [-0.4, -0.2) is 9.97 Å². The van der Waals surface area contributed by atoms with Crippen LogP contribution in [0.3, 0.4) is 0 Å². The van der Waals surface area contributed by atoms with Gasteiger partial charge in [-0.2, -0.15) is 0 Å². The average molecular weight is 891 g/mol. The van der Waals surface area contributed by atoms with Crippen molar-refractivity contribution >= 4 is 50.6 Å². The van der Waals surface area contributed by atoms with Crippen LogP contribution in [0.1, 0.15) is 13.3 Å². The number of oxazole rings is 2. The summed E-state index contributed by atoms with van der Waals surface area (Å²) in [6.45, 7) is 2.26. The predicted molar refractivity (Wildman–Crippen MR) is 283 cm³/mol. The summed E-state index contributed by atoms with van der Waals surface area (Å²) in [4.78, 5) is 14.0. The van der Waals surface area contributed by atoms with E-state index in [-0.39, 0.29) is 0 Å². The molecule has 12 rings (SSSR count). The maximum absolute atomic E-state index is 6.02. The molecule has 0 saturated carbocycles. The quantitative estimate of drug-likeness (QED) is 0.129. The molecule has 0 aliphatic heterocycles. The highest BCUT2D eigenvalue weighted by molar-refractivity contribution is 5.83. The lowest BCUT2D eigenvalue weighted by atomic mass is 9.99. The van der Waals surface area contributed by atoms with Gasteiger partial charge in [-0.15, -0.1) is 0 Å². The maximum atomic E-state index is 6.02. The molecule has 0 amide bonds. The molecule has 0 spiro atoms. The van der Waals surface area contributed by atoms with Gasteiger partial charge in [-0.3, -0.25) is 0 Å². The van der Waals surface area contributed by atoms with Crippen LogP contribution < -0.4 is 9.80 Å². The van der Waals surface area contributed by atoms with Crippen molar-refractivity contribution in [1.82, 2.24) is 9.97 Å². The molecule has 0 bridgehead atoms. The molecule has 0 radical (unpaired) electrons. The first-order valence-electron chi connectivity index (χ1n) is 23.4. The van der Waals surface area contributed by atoms with Crippen molar-refractivity contribution in [3.05, 3.63) is 248 Å². The number of aromatic nitrogens is 2. The molecule has 9 aromatic carbocycles. The molecule has 11 aromatic rings. The van der Waals surface area contributed by atoms with Crippen molar-refractivity contribution in [3.8, 4) is 56.3 Å². The number of hydrogen-bond acceptors (Lipinski definition) is 6. The summed E-state index contributed by atoms with van der Waals surface area (Å²) in [7, 11) is 0. The second-order valence-electron chi connectivity index (χ2n) is 17.5. The SMILES string of the molecule is CC1C=CC(N(c2ccc(-c3ccc(-c4nc5ccccc5o4)cc3)cc2)c2ccc(-c3ccc(N(c4ccccc4)c4ccc(-c5ccc(-c6nc7ccccc7o6)cc5)cc4)cc3)cc2)=CC1. The van der Waals surface area contributed by atoms with E-state index in [0.29, 0.717) is 17.7 Å². The standard InChI is InChI=1S/C63H46N4O2/c1-43-15-33-53(34-16-43)67(56-39-27-47(28-40-56)45-19-23-51(24-20-45)63-65-59-12-6-8-14-61(59)69-63)57-41-31-49(32-42-57)48-29-37-55(38-30-48)66(52-9-3-2-4-10-52)54-35-25-46(26-36-54)44-17-21-50(22-18-44)62-64-58-11-5-7-13-60(58)68-62/h2-15,17-43H,16H2,1H3. The summed E-state index contributed by atoms with van der Waals surface area (Å²) in [6.07, 6.45) is 7.91. The molecule has 0 fully saturated rings. The van der Waals surface area contributed by atoms with Crippen molar-refractivity contribution in [3.63, 3.8) is 0 Å². The molecular weight excluding hydrogens is 845 g/mol. The number of rotatable bonds is 11. The lowest BCUT2D eigenvalue weighted by molar-refractivity contribution is 0.619. The molecule has 1 aliphatic carbocycles. The fourth-order valence-electron chi connectivity index (χ4n) is 9.17. The first kappa shape index (κ1) is 41.4. The highest BCUT2D eigenvalue weighted by Gasteiger charge is 2.18. The van der Waals surface area contributed by atoms with Gasteiger partial charge in [0.05, 0.1) is 0 Å². The monoisotopic (exact) mass is 890 g/mol. The van der Waals surface area contributed by atoms with Crippen LogP contribution in [0.5, 0.6) is 0 Å². The van der Waals surface area contributed by atoms with E-state index < -0.39 is 0 Å². The largest absolute Gasteiger partial charge is 0.436 e. The molecule has 2 heterocycles. The van der Waals surface area contributed by atoms with Crippen molar-refractivity contribution in [2.45, 2.75) is 13.3 Å². The molecule has 2 aromatic heterocycles. The first-order chi connectivity index (χ1) is 34.1. The number of allylic oxidation sites excluding steroid dienone is 3. The van der Waals surface area contributed by atoms with E-state index in [1.165, 1.54) is 5.70 Å². The number of anilines is 5. The summed E-state index contributed by atoms with van der Waals surface area (Å²) in [6, 6.07) is 78.5. The van der Waals surface area contributed by atoms with E-state index in [2.05, 4.69) is 221 Å². The van der Waals surface area contributed by atoms with Gasteiger partial charge in [-0.05, 0) is 161 Å². The fraction of sp³-hybridized carbons (Fsp3) is 0.0476. The van der Waals surface area contributed by atoms with Gasteiger partial charge in [0.15, 0.2) is 11.2 Å². The molecule has 0 saturated heterocycles. The molecule has 1 aliphatic rings. The third-order valence-electron chi connectivity index (χ3n) is 12.9. The van der Waals surface area contributed by atoms with Gasteiger partial charge in [0, 0.05) is 45.3 Å². The lowest BCUT2D eigenvalue weighted by Gasteiger charge is -2.29. The molecular formula is C63H46N4O2. The second kappa shape index (κ2) is 18.0. The van der Waals surface area contributed by atoms with Crippen molar-refractivity contribution in [2.75, 3.05) is 9.80 Å². The predicted octanol–water partition coefficient (Wildman–Crippen LogP) is 17.4. The van der Waals surface area contributed by atoms with Gasteiger partial charge in [0.1, 0.15) is 11.0 Å². The Hall–Kier alpha value is -9.00. The summed E-state index contributed by atoms with van der Waals surface area (Å²) in [5.74, 6) is 1.77. The Bertz CT molecular complexity index is 3540. The van der Waals surface area contributed by atoms with E-state index >= 15 is 0 Å². The summed E-state index contributed by atoms with van der Waals surface area (Å²) in [5.41, 5.74) is 18.7. The van der Waals surface area contributed by atoms with Crippen LogP contribution >= 0.6 is 0 Å². The zero-order valence-electron chi connectivity index (χ0n) is 38.0. The van der Waals surface area contributed by atoms with E-state index in [1.54, 1.807) is 0 Å². The van der Waals surface area contributed by atoms with Crippen LogP contribution in [0.25, 0.3) is 78.5 Å². The Balaban J connectivity index is 0.777. The van der Waals surface area contributed by atoms with E-state index in [4.69, 9.17) is 8.83 Å². The van der Waals surface area contributed by atoms with Gasteiger partial charge in [-0.1, -0.05) is 134 Å². The summed E-state index contributed by atoms with van der Waals surface area (Å²) >= 11 is 0. The van der Waals surface area contributed by atoms with E-state index in [9.17, 15) is 0 Å². The highest BCUT2D eigenvalue weighted by atomic mass is 16.4. The average Bonchev–Trinajstić information content (AvgIpc) is 4.06. The Morgan fingerprint density at radius 3 is 1.07 bits per heavy atom. The lowest BCUT2D eigenvalue weighted by Crippen LogP contribution is -2.17. The third kappa shape index (κ3) is 8.41. The first-order valence-corrected chi connectivity index (χ1v) is 23.4. The fourth-order valence-corrected chi connectivity index (χ4v) is 9.17. The van der Waals surface area contributed by atoms with Gasteiger partial charge in [0.2, 0.25) is 11.8 Å². The Morgan fingerprint density at radius 1 is 0.362 bits per heavy atom. The van der Waals surface area contributed by atoms with Crippen LogP contribution in [0.2, 0.25) is 0 Å². The van der Waals surface area contributed by atoms with Crippen molar-refractivity contribution in [2.24, 2.45) is 5.92 Å². The molecule has 6 nitrogen and oxygen atoms in total. The summed E-state index contributed by atoms with van der Waals surface area (Å²) < 4.78 is 12.0. The second-order valence-corrected chi connectivity index (χ2v) is 17.5. The molecule has 1 unspecified atom stereocenters. The minimum Gasteiger partial charge on any atom is -0.436 e. The van der Waals surface area contributed by atoms with Crippen LogP contribution in [0.4, 0.5) is 28.4 Å². The minimum absolute atomic E-state index is 0.509. The van der Waals surface area contributed by atoms with E-state index in [1.807, 2.05) is 48.5 Å². The zero-order chi connectivity index (χ0) is 46.1. The Morgan fingerprint density at radius 2 is 0.696 bits per heavy atom. The Labute approximate surface area is 401 Å². The maximum Gasteiger partial charge on any atom is 0.227 e. The van der Waals surface area contributed by atoms with Gasteiger partial charge in [-0.25, -0.2) is 9.97 Å².